The smallest absolute Gasteiger partial charge is 0.323 e. The minimum Gasteiger partial charge on any atom is -0.480 e. The molecule has 1 rings (SSSR count). The van der Waals surface area contributed by atoms with Crippen LogP contribution in [0.1, 0.15) is 25.5 Å². The van der Waals surface area contributed by atoms with Crippen LogP contribution in [0.5, 0.6) is 0 Å². The number of hydrogen-bond donors (Lipinski definition) is 1. The van der Waals surface area contributed by atoms with E-state index in [4.69, 9.17) is 5.11 Å². The van der Waals surface area contributed by atoms with E-state index in [1.165, 1.54) is 31.3 Å². The molecule has 0 aromatic heterocycles. The van der Waals surface area contributed by atoms with Crippen LogP contribution in [-0.4, -0.2) is 36.1 Å². The predicted molar refractivity (Wildman–Crippen MR) is 68.6 cm³/mol. The van der Waals surface area contributed by atoms with Gasteiger partial charge in [0.15, 0.2) is 5.25 Å². The Hall–Kier alpha value is -1.47. The summed E-state index contributed by atoms with van der Waals surface area (Å²) in [7, 11) is -2.65. The Morgan fingerprint density at radius 1 is 1.26 bits per heavy atom. The highest BCUT2D eigenvalue weighted by molar-refractivity contribution is 7.90. The summed E-state index contributed by atoms with van der Waals surface area (Å²) >= 11 is 0. The summed E-state index contributed by atoms with van der Waals surface area (Å²) in [5, 5.41) is 7.27. The molecule has 0 aliphatic carbocycles. The van der Waals surface area contributed by atoms with Gasteiger partial charge in [0.25, 0.3) is 0 Å². The molecule has 0 bridgehead atoms. The Balaban J connectivity index is 3.03. The predicted octanol–water partition coefficient (Wildman–Crippen LogP) is 1.62. The van der Waals surface area contributed by atoms with Crippen LogP contribution in [0.4, 0.5) is 4.39 Å². The Labute approximate surface area is 111 Å². The molecule has 5 nitrogen and oxygen atoms in total. The van der Waals surface area contributed by atoms with E-state index in [1.807, 2.05) is 0 Å². The largest absolute Gasteiger partial charge is 0.480 e. The molecule has 0 heterocycles. The molecule has 0 saturated carbocycles. The molecule has 1 aromatic rings. The standard InChI is InChI=1S/C12H16FNO4S/c1-8(10-4-6-11(13)7-5-10)14(3)19(17,18)9(2)12(15)16/h4-9H,1-3H3,(H,15,16). The van der Waals surface area contributed by atoms with Gasteiger partial charge < -0.3 is 5.11 Å². The van der Waals surface area contributed by atoms with Crippen LogP contribution in [-0.2, 0) is 14.8 Å². The molecular formula is C12H16FNO4S. The van der Waals surface area contributed by atoms with Crippen LogP contribution in [0, 0.1) is 5.82 Å². The third kappa shape index (κ3) is 3.30. The first-order valence-electron chi connectivity index (χ1n) is 5.63. The Kier molecular flexibility index (Phi) is 4.65. The molecule has 19 heavy (non-hydrogen) atoms. The molecule has 0 radical (unpaired) electrons. The molecule has 1 N–H and O–H groups in total. The summed E-state index contributed by atoms with van der Waals surface area (Å²) in [5.41, 5.74) is 0.588. The van der Waals surface area contributed by atoms with Crippen molar-refractivity contribution in [1.82, 2.24) is 4.31 Å². The number of halogens is 1. The molecule has 0 saturated heterocycles. The lowest BCUT2D eigenvalue weighted by Gasteiger charge is -2.26. The maximum absolute atomic E-state index is 12.8. The second kappa shape index (κ2) is 5.66. The lowest BCUT2D eigenvalue weighted by atomic mass is 10.1. The summed E-state index contributed by atoms with van der Waals surface area (Å²) in [4.78, 5) is 10.8. The molecule has 7 heteroatoms. The first-order chi connectivity index (χ1) is 8.67. The van der Waals surface area contributed by atoms with Gasteiger partial charge in [0, 0.05) is 13.1 Å². The normalized spacial score (nSPS) is 15.2. The van der Waals surface area contributed by atoms with Crippen LogP contribution in [0.3, 0.4) is 0 Å². The summed E-state index contributed by atoms with van der Waals surface area (Å²) in [6.45, 7) is 2.73. The van der Waals surface area contributed by atoms with Crippen molar-refractivity contribution in [2.24, 2.45) is 0 Å². The number of aliphatic carboxylic acids is 1. The highest BCUT2D eigenvalue weighted by atomic mass is 32.2. The van der Waals surface area contributed by atoms with E-state index in [1.54, 1.807) is 6.92 Å². The van der Waals surface area contributed by atoms with E-state index in [-0.39, 0.29) is 0 Å². The number of sulfonamides is 1. The van der Waals surface area contributed by atoms with Crippen molar-refractivity contribution in [1.29, 1.82) is 0 Å². The van der Waals surface area contributed by atoms with Crippen molar-refractivity contribution in [2.45, 2.75) is 25.1 Å². The first kappa shape index (κ1) is 15.6. The number of benzene rings is 1. The van der Waals surface area contributed by atoms with Crippen molar-refractivity contribution in [3.05, 3.63) is 35.6 Å². The fraction of sp³-hybridized carbons (Fsp3) is 0.417. The molecule has 0 aliphatic rings. The molecule has 2 atom stereocenters. The quantitative estimate of drug-likeness (QED) is 0.894. The fourth-order valence-corrected chi connectivity index (χ4v) is 2.86. The molecule has 0 fully saturated rings. The maximum Gasteiger partial charge on any atom is 0.323 e. The van der Waals surface area contributed by atoms with Crippen molar-refractivity contribution in [3.8, 4) is 0 Å². The SMILES string of the molecule is CC(c1ccc(F)cc1)N(C)S(=O)(=O)C(C)C(=O)O. The summed E-state index contributed by atoms with van der Waals surface area (Å²) in [5.74, 6) is -1.82. The number of carboxylic acid groups (broad SMARTS) is 1. The van der Waals surface area contributed by atoms with Crippen LogP contribution in [0.2, 0.25) is 0 Å². The van der Waals surface area contributed by atoms with Crippen molar-refractivity contribution in [3.63, 3.8) is 0 Å². The molecule has 106 valence electrons. The second-order valence-corrected chi connectivity index (χ2v) is 6.58. The molecule has 0 spiro atoms. The van der Waals surface area contributed by atoms with Gasteiger partial charge in [-0.15, -0.1) is 0 Å². The molecule has 0 amide bonds. The van der Waals surface area contributed by atoms with Crippen LogP contribution in [0.25, 0.3) is 0 Å². The number of carboxylic acids is 1. The highest BCUT2D eigenvalue weighted by Crippen LogP contribution is 2.23. The van der Waals surface area contributed by atoms with Gasteiger partial charge in [-0.25, -0.2) is 12.8 Å². The van der Waals surface area contributed by atoms with Crippen LogP contribution in [0.15, 0.2) is 24.3 Å². The van der Waals surface area contributed by atoms with Gasteiger partial charge >= 0.3 is 5.97 Å². The first-order valence-corrected chi connectivity index (χ1v) is 7.13. The highest BCUT2D eigenvalue weighted by Gasteiger charge is 2.34. The molecule has 2 unspecified atom stereocenters. The van der Waals surface area contributed by atoms with E-state index in [0.717, 1.165) is 11.2 Å². The zero-order chi connectivity index (χ0) is 14.8. The van der Waals surface area contributed by atoms with E-state index >= 15 is 0 Å². The summed E-state index contributed by atoms with van der Waals surface area (Å²) in [6, 6.07) is 4.82. The number of rotatable bonds is 5. The minimum atomic E-state index is -3.96. The van der Waals surface area contributed by atoms with Crippen molar-refractivity contribution in [2.75, 3.05) is 7.05 Å². The zero-order valence-corrected chi connectivity index (χ0v) is 11.7. The van der Waals surface area contributed by atoms with Gasteiger partial charge in [-0.2, -0.15) is 4.31 Å². The third-order valence-electron chi connectivity index (χ3n) is 3.09. The zero-order valence-electron chi connectivity index (χ0n) is 10.9. The van der Waals surface area contributed by atoms with Gasteiger partial charge in [-0.05, 0) is 31.5 Å². The second-order valence-electron chi connectivity index (χ2n) is 4.27. The maximum atomic E-state index is 12.8. The van der Waals surface area contributed by atoms with E-state index < -0.39 is 33.1 Å². The number of carbonyl (C=O) groups is 1. The van der Waals surface area contributed by atoms with Gasteiger partial charge in [0.05, 0.1) is 0 Å². The Morgan fingerprint density at radius 3 is 2.16 bits per heavy atom. The Bertz CT molecular complexity index is 556. The minimum absolute atomic E-state index is 0.416. The number of nitrogens with zero attached hydrogens (tertiary/aromatic N) is 1. The van der Waals surface area contributed by atoms with Gasteiger partial charge in [0.2, 0.25) is 10.0 Å². The fourth-order valence-electron chi connectivity index (χ4n) is 1.55. The number of hydrogen-bond acceptors (Lipinski definition) is 3. The lowest BCUT2D eigenvalue weighted by Crippen LogP contribution is -2.40. The average Bonchev–Trinajstić information content (AvgIpc) is 2.36. The average molecular weight is 289 g/mol. The summed E-state index contributed by atoms with van der Waals surface area (Å²) < 4.78 is 37.8. The third-order valence-corrected chi connectivity index (χ3v) is 5.31. The van der Waals surface area contributed by atoms with Crippen LogP contribution >= 0.6 is 0 Å². The van der Waals surface area contributed by atoms with Gasteiger partial charge in [-0.1, -0.05) is 12.1 Å². The van der Waals surface area contributed by atoms with Crippen molar-refractivity contribution < 1.29 is 22.7 Å². The Morgan fingerprint density at radius 2 is 1.74 bits per heavy atom. The lowest BCUT2D eigenvalue weighted by molar-refractivity contribution is -0.136. The van der Waals surface area contributed by atoms with Gasteiger partial charge in [-0.3, -0.25) is 4.79 Å². The topological polar surface area (TPSA) is 74.7 Å². The van der Waals surface area contributed by atoms with Gasteiger partial charge in [0.1, 0.15) is 5.82 Å². The van der Waals surface area contributed by atoms with Crippen molar-refractivity contribution >= 4 is 16.0 Å². The van der Waals surface area contributed by atoms with Crippen LogP contribution < -0.4 is 0 Å². The molecule has 0 aliphatic heterocycles. The van der Waals surface area contributed by atoms with E-state index in [0.29, 0.717) is 5.56 Å². The van der Waals surface area contributed by atoms with E-state index in [9.17, 15) is 17.6 Å². The molecule has 1 aromatic carbocycles. The van der Waals surface area contributed by atoms with E-state index in [2.05, 4.69) is 0 Å². The monoisotopic (exact) mass is 289 g/mol. The molecular weight excluding hydrogens is 273 g/mol. The summed E-state index contributed by atoms with van der Waals surface area (Å²) in [6.07, 6.45) is 0.